The summed E-state index contributed by atoms with van der Waals surface area (Å²) >= 11 is 0. The molecule has 2 atom stereocenters. The van der Waals surface area contributed by atoms with Gasteiger partial charge in [-0.2, -0.15) is 13.2 Å². The van der Waals surface area contributed by atoms with Gasteiger partial charge in [-0.25, -0.2) is 4.79 Å². The van der Waals surface area contributed by atoms with Crippen LogP contribution in [0.4, 0.5) is 13.2 Å². The monoisotopic (exact) mass is 518 g/mol. The van der Waals surface area contributed by atoms with E-state index in [-0.39, 0.29) is 23.7 Å². The number of amides is 1. The zero-order valence-electron chi connectivity index (χ0n) is 21.0. The molecule has 1 heterocycles. The predicted octanol–water partition coefficient (Wildman–Crippen LogP) is 4.92. The number of ketones is 1. The number of carboxylic acids is 1. The molecule has 0 unspecified atom stereocenters. The Morgan fingerprint density at radius 1 is 1.03 bits per heavy atom. The summed E-state index contributed by atoms with van der Waals surface area (Å²) < 4.78 is 31.7. The van der Waals surface area contributed by atoms with Crippen molar-refractivity contribution in [3.05, 3.63) is 83.4 Å². The van der Waals surface area contributed by atoms with E-state index in [1.807, 2.05) is 55.3 Å². The molecule has 1 amide bonds. The fourth-order valence-corrected chi connectivity index (χ4v) is 4.07. The largest absolute Gasteiger partial charge is 0.490 e. The molecule has 0 radical (unpaired) electrons. The van der Waals surface area contributed by atoms with Crippen molar-refractivity contribution in [2.75, 3.05) is 7.05 Å². The van der Waals surface area contributed by atoms with Crippen LogP contribution in [0.3, 0.4) is 0 Å². The third-order valence-electron chi connectivity index (χ3n) is 6.16. The SMILES string of the molecule is CC[C@H](NC)C(=O)C[C@H](/C=C/C(=O)N1Cc2ccccc2C1)CCc1ccccc1.O=C(O)C(F)(F)F. The summed E-state index contributed by atoms with van der Waals surface area (Å²) in [4.78, 5) is 36.2. The molecule has 0 spiro atoms. The highest BCUT2D eigenvalue weighted by Gasteiger charge is 2.38. The number of nitrogens with one attached hydrogen (secondary N) is 1. The number of benzene rings is 2. The van der Waals surface area contributed by atoms with Crippen LogP contribution in [0.2, 0.25) is 0 Å². The van der Waals surface area contributed by atoms with E-state index in [9.17, 15) is 22.8 Å². The van der Waals surface area contributed by atoms with E-state index in [1.165, 1.54) is 16.7 Å². The van der Waals surface area contributed by atoms with Gasteiger partial charge in [-0.3, -0.25) is 9.59 Å². The first-order valence-corrected chi connectivity index (χ1v) is 12.1. The molecule has 3 rings (SSSR count). The second-order valence-electron chi connectivity index (χ2n) is 8.83. The molecule has 0 aliphatic carbocycles. The number of hydrogen-bond acceptors (Lipinski definition) is 4. The van der Waals surface area contributed by atoms with Crippen LogP contribution in [0.25, 0.3) is 0 Å². The number of hydrogen-bond donors (Lipinski definition) is 2. The van der Waals surface area contributed by atoms with Gasteiger partial charge in [0.15, 0.2) is 0 Å². The summed E-state index contributed by atoms with van der Waals surface area (Å²) in [7, 11) is 1.83. The van der Waals surface area contributed by atoms with Gasteiger partial charge in [0.1, 0.15) is 5.78 Å². The average Bonchev–Trinajstić information content (AvgIpc) is 3.31. The first-order valence-electron chi connectivity index (χ1n) is 12.1. The van der Waals surface area contributed by atoms with Gasteiger partial charge in [0.25, 0.3) is 0 Å². The van der Waals surface area contributed by atoms with E-state index < -0.39 is 12.1 Å². The highest BCUT2D eigenvalue weighted by atomic mass is 19.4. The molecular formula is C28H33F3N2O4. The number of alkyl halides is 3. The summed E-state index contributed by atoms with van der Waals surface area (Å²) in [5.41, 5.74) is 3.69. The van der Waals surface area contributed by atoms with Gasteiger partial charge in [-0.15, -0.1) is 0 Å². The third-order valence-corrected chi connectivity index (χ3v) is 6.16. The molecule has 2 aromatic rings. The van der Waals surface area contributed by atoms with Crippen LogP contribution in [-0.2, 0) is 33.9 Å². The minimum absolute atomic E-state index is 0.0176. The first kappa shape index (κ1) is 29.8. The van der Waals surface area contributed by atoms with Crippen molar-refractivity contribution < 1.29 is 32.7 Å². The van der Waals surface area contributed by atoms with Crippen LogP contribution >= 0.6 is 0 Å². The maximum atomic E-state index is 12.8. The minimum Gasteiger partial charge on any atom is -0.475 e. The van der Waals surface area contributed by atoms with Crippen LogP contribution < -0.4 is 5.32 Å². The fourth-order valence-electron chi connectivity index (χ4n) is 4.07. The molecule has 0 saturated carbocycles. The number of carbonyl (C=O) groups is 3. The van der Waals surface area contributed by atoms with E-state index >= 15 is 0 Å². The summed E-state index contributed by atoms with van der Waals surface area (Å²) in [5.74, 6) is -2.48. The van der Waals surface area contributed by atoms with Crippen molar-refractivity contribution in [1.29, 1.82) is 0 Å². The number of carboxylic acid groups (broad SMARTS) is 1. The number of carbonyl (C=O) groups excluding carboxylic acids is 2. The Morgan fingerprint density at radius 2 is 1.57 bits per heavy atom. The Labute approximate surface area is 215 Å². The molecule has 0 saturated heterocycles. The quantitative estimate of drug-likeness (QED) is 0.436. The Hall–Kier alpha value is -3.46. The molecule has 1 aliphatic heterocycles. The Morgan fingerprint density at radius 3 is 2.05 bits per heavy atom. The second kappa shape index (κ2) is 14.3. The lowest BCUT2D eigenvalue weighted by Gasteiger charge is -2.18. The van der Waals surface area contributed by atoms with Gasteiger partial charge in [-0.1, -0.05) is 67.6 Å². The fraction of sp³-hybridized carbons (Fsp3) is 0.393. The summed E-state index contributed by atoms with van der Waals surface area (Å²) in [6.07, 6.45) is 1.51. The molecular weight excluding hydrogens is 485 g/mol. The lowest BCUT2D eigenvalue weighted by Crippen LogP contribution is -2.34. The molecule has 9 heteroatoms. The topological polar surface area (TPSA) is 86.7 Å². The Kier molecular flexibility index (Phi) is 11.5. The van der Waals surface area contributed by atoms with Crippen molar-refractivity contribution in [2.45, 2.75) is 57.9 Å². The number of aryl methyl sites for hydroxylation is 1. The second-order valence-corrected chi connectivity index (χ2v) is 8.83. The molecule has 6 nitrogen and oxygen atoms in total. The molecule has 2 aromatic carbocycles. The van der Waals surface area contributed by atoms with Crippen molar-refractivity contribution in [1.82, 2.24) is 10.2 Å². The van der Waals surface area contributed by atoms with Crippen molar-refractivity contribution in [2.24, 2.45) is 5.92 Å². The molecule has 0 aromatic heterocycles. The maximum Gasteiger partial charge on any atom is 0.490 e. The Balaban J connectivity index is 0.000000604. The minimum atomic E-state index is -5.08. The van der Waals surface area contributed by atoms with Gasteiger partial charge < -0.3 is 15.3 Å². The molecule has 0 bridgehead atoms. The smallest absolute Gasteiger partial charge is 0.475 e. The number of rotatable bonds is 10. The number of nitrogens with zero attached hydrogens (tertiary/aromatic N) is 1. The molecule has 200 valence electrons. The maximum absolute atomic E-state index is 12.8. The van der Waals surface area contributed by atoms with Gasteiger partial charge in [0.2, 0.25) is 5.91 Å². The number of halogens is 3. The number of fused-ring (bicyclic) bond motifs is 1. The summed E-state index contributed by atoms with van der Waals surface area (Å²) in [6, 6.07) is 18.4. The zero-order valence-corrected chi connectivity index (χ0v) is 21.0. The van der Waals surface area contributed by atoms with E-state index in [2.05, 4.69) is 29.6 Å². The molecule has 0 fully saturated rings. The predicted molar refractivity (Wildman–Crippen MR) is 135 cm³/mol. The van der Waals surface area contributed by atoms with Crippen LogP contribution in [0.5, 0.6) is 0 Å². The van der Waals surface area contributed by atoms with Crippen LogP contribution in [0.1, 0.15) is 42.9 Å². The van der Waals surface area contributed by atoms with E-state index in [1.54, 1.807) is 6.08 Å². The summed E-state index contributed by atoms with van der Waals surface area (Å²) in [5, 5.41) is 10.2. The van der Waals surface area contributed by atoms with Crippen molar-refractivity contribution in [3.63, 3.8) is 0 Å². The number of Topliss-reactive ketones (excluding diaryl/α,β-unsaturated/α-hetero) is 1. The van der Waals surface area contributed by atoms with Crippen LogP contribution in [0.15, 0.2) is 66.7 Å². The van der Waals surface area contributed by atoms with E-state index in [0.717, 1.165) is 19.3 Å². The van der Waals surface area contributed by atoms with Crippen molar-refractivity contribution >= 4 is 17.7 Å². The van der Waals surface area contributed by atoms with Gasteiger partial charge in [0, 0.05) is 19.5 Å². The zero-order chi connectivity index (χ0) is 27.4. The summed E-state index contributed by atoms with van der Waals surface area (Å²) in [6.45, 7) is 3.33. The highest BCUT2D eigenvalue weighted by Crippen LogP contribution is 2.23. The molecule has 37 heavy (non-hydrogen) atoms. The van der Waals surface area contributed by atoms with Gasteiger partial charge in [-0.05, 0) is 55.0 Å². The number of allylic oxidation sites excluding steroid dienone is 1. The van der Waals surface area contributed by atoms with Gasteiger partial charge >= 0.3 is 12.1 Å². The van der Waals surface area contributed by atoms with E-state index in [0.29, 0.717) is 19.5 Å². The van der Waals surface area contributed by atoms with Crippen molar-refractivity contribution in [3.8, 4) is 0 Å². The van der Waals surface area contributed by atoms with Gasteiger partial charge in [0.05, 0.1) is 6.04 Å². The standard InChI is InChI=1S/C26H32N2O2.C2HF3O2/c1-3-24(27-2)25(29)17-21(14-13-20-9-5-4-6-10-20)15-16-26(30)28-18-22-11-7-8-12-23(22)19-28;3-2(4,5)1(6)7/h4-12,15-16,21,24,27H,3,13-14,17-19H2,1-2H3;(H,6,7)/b16-15+;/t21-,24-;/m0./s1. The average molecular weight is 519 g/mol. The third kappa shape index (κ3) is 9.84. The number of likely N-dealkylation sites (N-methyl/N-ethyl adjacent to an activating group) is 1. The highest BCUT2D eigenvalue weighted by molar-refractivity contribution is 5.88. The molecule has 1 aliphatic rings. The number of aliphatic carboxylic acids is 1. The molecule has 2 N–H and O–H groups in total. The van der Waals surface area contributed by atoms with E-state index in [4.69, 9.17) is 9.90 Å². The lowest BCUT2D eigenvalue weighted by atomic mass is 9.91. The Bertz CT molecular complexity index is 1040. The normalized spacial score (nSPS) is 14.5. The first-order chi connectivity index (χ1) is 17.5. The van der Waals surface area contributed by atoms with Crippen LogP contribution in [0, 0.1) is 5.92 Å². The lowest BCUT2D eigenvalue weighted by molar-refractivity contribution is -0.192. The van der Waals surface area contributed by atoms with Crippen LogP contribution in [-0.4, -0.2) is 46.9 Å².